The first kappa shape index (κ1) is 14.6. The molecule has 18 heavy (non-hydrogen) atoms. The third-order valence-corrected chi connectivity index (χ3v) is 3.78. The number of nitrogens with one attached hydrogen (secondary N) is 1. The molecule has 0 aromatic carbocycles. The van der Waals surface area contributed by atoms with Crippen LogP contribution in [0, 0.1) is 12.3 Å². The van der Waals surface area contributed by atoms with E-state index in [9.17, 15) is 9.59 Å². The second-order valence-electron chi connectivity index (χ2n) is 4.84. The molecule has 2 amide bonds. The Labute approximate surface area is 109 Å². The van der Waals surface area contributed by atoms with E-state index in [4.69, 9.17) is 6.42 Å². The van der Waals surface area contributed by atoms with Gasteiger partial charge in [-0.05, 0) is 19.8 Å². The highest BCUT2D eigenvalue weighted by Gasteiger charge is 2.42. The fraction of sp³-hybridized carbons (Fsp3) is 0.714. The van der Waals surface area contributed by atoms with Gasteiger partial charge in [0.1, 0.15) is 5.54 Å². The topological polar surface area (TPSA) is 49.4 Å². The van der Waals surface area contributed by atoms with Crippen LogP contribution in [0.1, 0.15) is 46.5 Å². The highest BCUT2D eigenvalue weighted by Crippen LogP contribution is 2.23. The Morgan fingerprint density at radius 2 is 2.06 bits per heavy atom. The minimum Gasteiger partial charge on any atom is -0.342 e. The second kappa shape index (κ2) is 5.90. The van der Waals surface area contributed by atoms with E-state index in [1.165, 1.54) is 0 Å². The van der Waals surface area contributed by atoms with Crippen LogP contribution < -0.4 is 5.32 Å². The van der Waals surface area contributed by atoms with Crippen molar-refractivity contribution >= 4 is 11.8 Å². The summed E-state index contributed by atoms with van der Waals surface area (Å²) in [7, 11) is 0. The molecule has 1 N–H and O–H groups in total. The number of carbonyl (C=O) groups is 2. The third-order valence-electron chi connectivity index (χ3n) is 3.78. The van der Waals surface area contributed by atoms with Crippen molar-refractivity contribution in [1.29, 1.82) is 0 Å². The third kappa shape index (κ3) is 2.66. The van der Waals surface area contributed by atoms with Crippen LogP contribution in [0.15, 0.2) is 0 Å². The van der Waals surface area contributed by atoms with Crippen LogP contribution in [0.5, 0.6) is 0 Å². The van der Waals surface area contributed by atoms with E-state index >= 15 is 0 Å². The molecule has 1 rings (SSSR count). The molecule has 1 fully saturated rings. The number of carbonyl (C=O) groups excluding carboxylic acids is 2. The maximum absolute atomic E-state index is 12.6. The summed E-state index contributed by atoms with van der Waals surface area (Å²) in [4.78, 5) is 26.1. The highest BCUT2D eigenvalue weighted by molar-refractivity contribution is 5.93. The summed E-state index contributed by atoms with van der Waals surface area (Å²) in [5.74, 6) is 2.53. The van der Waals surface area contributed by atoms with Gasteiger partial charge in [-0.15, -0.1) is 12.3 Å². The van der Waals surface area contributed by atoms with Crippen LogP contribution in [0.2, 0.25) is 0 Å². The van der Waals surface area contributed by atoms with E-state index in [0.29, 0.717) is 32.2 Å². The Kier molecular flexibility index (Phi) is 4.77. The molecule has 1 atom stereocenters. The standard InChI is InChI=1S/C14H22N2O2/c1-5-8-11(4)16-10-9-12(17)15-14(6-2,7-3)13(16)18/h1,11H,6-10H2,2-4H3,(H,15,17). The minimum absolute atomic E-state index is 0.00102. The van der Waals surface area contributed by atoms with E-state index < -0.39 is 5.54 Å². The highest BCUT2D eigenvalue weighted by atomic mass is 16.2. The van der Waals surface area contributed by atoms with E-state index in [1.54, 1.807) is 4.90 Å². The van der Waals surface area contributed by atoms with E-state index in [0.717, 1.165) is 0 Å². The quantitative estimate of drug-likeness (QED) is 0.765. The number of terminal acetylenes is 1. The van der Waals surface area contributed by atoms with Gasteiger partial charge >= 0.3 is 0 Å². The molecule has 100 valence electrons. The molecule has 0 bridgehead atoms. The fourth-order valence-corrected chi connectivity index (χ4v) is 2.41. The van der Waals surface area contributed by atoms with Crippen molar-refractivity contribution in [3.8, 4) is 12.3 Å². The van der Waals surface area contributed by atoms with Gasteiger partial charge in [0.15, 0.2) is 0 Å². The number of nitrogens with zero attached hydrogens (tertiary/aromatic N) is 1. The predicted molar refractivity (Wildman–Crippen MR) is 70.7 cm³/mol. The van der Waals surface area contributed by atoms with Crippen LogP contribution in [0.3, 0.4) is 0 Å². The molecule has 1 saturated heterocycles. The molecular formula is C14H22N2O2. The van der Waals surface area contributed by atoms with Crippen molar-refractivity contribution in [2.45, 2.75) is 58.0 Å². The summed E-state index contributed by atoms with van der Waals surface area (Å²) in [6, 6.07) is -0.0207. The van der Waals surface area contributed by atoms with Crippen molar-refractivity contribution in [1.82, 2.24) is 10.2 Å². The molecule has 0 aromatic heterocycles. The molecule has 0 aromatic rings. The summed E-state index contributed by atoms with van der Waals surface area (Å²) in [6.07, 6.45) is 7.39. The van der Waals surface area contributed by atoms with Crippen LogP contribution in [0.25, 0.3) is 0 Å². The Balaban J connectivity index is 3.04. The molecule has 0 spiro atoms. The second-order valence-corrected chi connectivity index (χ2v) is 4.84. The first-order chi connectivity index (χ1) is 8.50. The van der Waals surface area contributed by atoms with Gasteiger partial charge in [-0.3, -0.25) is 9.59 Å². The summed E-state index contributed by atoms with van der Waals surface area (Å²) >= 11 is 0. The van der Waals surface area contributed by atoms with Gasteiger partial charge in [0.2, 0.25) is 11.8 Å². The largest absolute Gasteiger partial charge is 0.342 e. The van der Waals surface area contributed by atoms with Crippen molar-refractivity contribution in [2.24, 2.45) is 0 Å². The molecular weight excluding hydrogens is 228 g/mol. The number of rotatable bonds is 4. The molecule has 0 aliphatic carbocycles. The lowest BCUT2D eigenvalue weighted by Crippen LogP contribution is -2.57. The summed E-state index contributed by atoms with van der Waals surface area (Å²) in [5.41, 5.74) is -0.754. The van der Waals surface area contributed by atoms with Crippen LogP contribution in [-0.4, -0.2) is 34.8 Å². The van der Waals surface area contributed by atoms with Crippen molar-refractivity contribution in [3.05, 3.63) is 0 Å². The molecule has 0 saturated carbocycles. The van der Waals surface area contributed by atoms with Gasteiger partial charge in [0, 0.05) is 25.4 Å². The Hall–Kier alpha value is -1.50. The average molecular weight is 250 g/mol. The lowest BCUT2D eigenvalue weighted by atomic mass is 9.90. The van der Waals surface area contributed by atoms with E-state index in [1.807, 2.05) is 20.8 Å². The number of hydrogen-bond acceptors (Lipinski definition) is 2. The normalized spacial score (nSPS) is 20.9. The van der Waals surface area contributed by atoms with Crippen molar-refractivity contribution in [2.75, 3.05) is 6.54 Å². The van der Waals surface area contributed by atoms with E-state index in [2.05, 4.69) is 11.2 Å². The Bertz CT molecular complexity index is 366. The first-order valence-electron chi connectivity index (χ1n) is 6.56. The summed E-state index contributed by atoms with van der Waals surface area (Å²) in [6.45, 7) is 6.24. The zero-order chi connectivity index (χ0) is 13.8. The molecule has 1 aliphatic rings. The van der Waals surface area contributed by atoms with Gasteiger partial charge < -0.3 is 10.2 Å². The monoisotopic (exact) mass is 250 g/mol. The van der Waals surface area contributed by atoms with Crippen LogP contribution in [-0.2, 0) is 9.59 Å². The van der Waals surface area contributed by atoms with Gasteiger partial charge in [-0.25, -0.2) is 0 Å². The number of amides is 2. The SMILES string of the molecule is C#CCC(C)N1CCC(=O)NC(CC)(CC)C1=O. The van der Waals surface area contributed by atoms with Crippen molar-refractivity contribution in [3.63, 3.8) is 0 Å². The molecule has 4 heteroatoms. The molecule has 1 aliphatic heterocycles. The lowest BCUT2D eigenvalue weighted by molar-refractivity contribution is -0.140. The lowest BCUT2D eigenvalue weighted by Gasteiger charge is -2.36. The van der Waals surface area contributed by atoms with Crippen LogP contribution >= 0.6 is 0 Å². The van der Waals surface area contributed by atoms with Crippen molar-refractivity contribution < 1.29 is 9.59 Å². The van der Waals surface area contributed by atoms with Gasteiger partial charge in [-0.2, -0.15) is 0 Å². The minimum atomic E-state index is -0.754. The molecule has 1 heterocycles. The Morgan fingerprint density at radius 3 is 2.56 bits per heavy atom. The zero-order valence-corrected chi connectivity index (χ0v) is 11.5. The smallest absolute Gasteiger partial charge is 0.248 e. The van der Waals surface area contributed by atoms with Gasteiger partial charge in [0.05, 0.1) is 0 Å². The average Bonchev–Trinajstić information content (AvgIpc) is 2.48. The molecule has 4 nitrogen and oxygen atoms in total. The summed E-state index contributed by atoms with van der Waals surface area (Å²) < 4.78 is 0. The van der Waals surface area contributed by atoms with Crippen LogP contribution in [0.4, 0.5) is 0 Å². The maximum Gasteiger partial charge on any atom is 0.248 e. The van der Waals surface area contributed by atoms with E-state index in [-0.39, 0.29) is 17.9 Å². The summed E-state index contributed by atoms with van der Waals surface area (Å²) in [5, 5.41) is 2.89. The molecule has 0 radical (unpaired) electrons. The van der Waals surface area contributed by atoms with Gasteiger partial charge in [-0.1, -0.05) is 13.8 Å². The predicted octanol–water partition coefficient (Wildman–Crippen LogP) is 1.31. The maximum atomic E-state index is 12.6. The zero-order valence-electron chi connectivity index (χ0n) is 11.5. The fourth-order valence-electron chi connectivity index (χ4n) is 2.41. The number of hydrogen-bond donors (Lipinski definition) is 1. The molecule has 1 unspecified atom stereocenters. The first-order valence-corrected chi connectivity index (χ1v) is 6.56. The van der Waals surface area contributed by atoms with Gasteiger partial charge in [0.25, 0.3) is 0 Å². The Morgan fingerprint density at radius 1 is 1.44 bits per heavy atom.